The highest BCUT2D eigenvalue weighted by Gasteiger charge is 2.13. The van der Waals surface area contributed by atoms with Crippen molar-refractivity contribution in [3.8, 4) is 39.1 Å². The molecule has 4 rings (SSSR count). The van der Waals surface area contributed by atoms with Crippen molar-refractivity contribution in [2.75, 3.05) is 26.1 Å². The van der Waals surface area contributed by atoms with Crippen molar-refractivity contribution in [2.45, 2.75) is 13.3 Å². The van der Waals surface area contributed by atoms with E-state index in [1.807, 2.05) is 60.1 Å². The zero-order valence-electron chi connectivity index (χ0n) is 18.5. The lowest BCUT2D eigenvalue weighted by molar-refractivity contribution is -0.115. The third kappa shape index (κ3) is 5.50. The van der Waals surface area contributed by atoms with Gasteiger partial charge in [0.25, 0.3) is 0 Å². The number of nitrogens with zero attached hydrogens (tertiary/aromatic N) is 2. The van der Waals surface area contributed by atoms with E-state index in [9.17, 15) is 4.79 Å². The Hall–Kier alpha value is -3.43. The number of nitrogens with one attached hydrogen (secondary N) is 1. The second-order valence-electron chi connectivity index (χ2n) is 6.93. The summed E-state index contributed by atoms with van der Waals surface area (Å²) >= 11 is 2.88. The van der Waals surface area contributed by atoms with Crippen LogP contribution < -0.4 is 19.5 Å². The molecule has 0 saturated heterocycles. The third-order valence-corrected chi connectivity index (χ3v) is 6.43. The molecule has 0 spiro atoms. The molecule has 7 nitrogen and oxygen atoms in total. The Kier molecular flexibility index (Phi) is 7.21. The lowest BCUT2D eigenvalue weighted by Gasteiger charge is -2.08. The fraction of sp³-hybridized carbons (Fsp3) is 0.208. The van der Waals surface area contributed by atoms with Crippen molar-refractivity contribution in [1.29, 1.82) is 0 Å². The summed E-state index contributed by atoms with van der Waals surface area (Å²) in [6.45, 7) is 2.58. The minimum Gasteiger partial charge on any atom is -0.494 e. The molecule has 4 aromatic rings. The van der Waals surface area contributed by atoms with Crippen molar-refractivity contribution in [1.82, 2.24) is 9.97 Å². The van der Waals surface area contributed by atoms with Crippen LogP contribution in [0.1, 0.15) is 12.6 Å². The van der Waals surface area contributed by atoms with Gasteiger partial charge in [-0.05, 0) is 49.4 Å². The number of thiazole rings is 2. The molecular formula is C24H23N3O4S2. The van der Waals surface area contributed by atoms with Gasteiger partial charge in [-0.25, -0.2) is 9.97 Å². The maximum absolute atomic E-state index is 12.5. The number of amides is 1. The van der Waals surface area contributed by atoms with Crippen LogP contribution in [0.5, 0.6) is 17.2 Å². The van der Waals surface area contributed by atoms with Crippen molar-refractivity contribution in [3.63, 3.8) is 0 Å². The number of aromatic nitrogens is 2. The molecule has 1 N–H and O–H groups in total. The largest absolute Gasteiger partial charge is 0.494 e. The zero-order valence-corrected chi connectivity index (χ0v) is 20.1. The topological polar surface area (TPSA) is 82.6 Å². The summed E-state index contributed by atoms with van der Waals surface area (Å²) in [5.74, 6) is 1.94. The first-order valence-electron chi connectivity index (χ1n) is 10.2. The van der Waals surface area contributed by atoms with Gasteiger partial charge in [-0.3, -0.25) is 4.79 Å². The maximum Gasteiger partial charge on any atom is 0.232 e. The Bertz CT molecular complexity index is 1230. The fourth-order valence-electron chi connectivity index (χ4n) is 3.17. The molecule has 0 unspecified atom stereocenters. The van der Waals surface area contributed by atoms with Gasteiger partial charge in [0.1, 0.15) is 10.8 Å². The average Bonchev–Trinajstić information content (AvgIpc) is 3.49. The van der Waals surface area contributed by atoms with E-state index in [2.05, 4.69) is 15.3 Å². The summed E-state index contributed by atoms with van der Waals surface area (Å²) in [4.78, 5) is 21.7. The molecular weight excluding hydrogens is 458 g/mol. The first-order chi connectivity index (χ1) is 16.1. The predicted molar refractivity (Wildman–Crippen MR) is 132 cm³/mol. The van der Waals surface area contributed by atoms with Crippen LogP contribution in [0.25, 0.3) is 21.8 Å². The second-order valence-corrected chi connectivity index (χ2v) is 8.65. The lowest BCUT2D eigenvalue weighted by Crippen LogP contribution is -2.14. The van der Waals surface area contributed by atoms with Gasteiger partial charge in [0, 0.05) is 21.9 Å². The van der Waals surface area contributed by atoms with E-state index in [0.29, 0.717) is 23.2 Å². The Morgan fingerprint density at radius 1 is 0.939 bits per heavy atom. The molecule has 0 radical (unpaired) electrons. The summed E-state index contributed by atoms with van der Waals surface area (Å²) in [5.41, 5.74) is 3.35. The minimum atomic E-state index is -0.160. The Labute approximate surface area is 200 Å². The molecule has 0 atom stereocenters. The number of ether oxygens (including phenoxy) is 3. The van der Waals surface area contributed by atoms with Crippen molar-refractivity contribution < 1.29 is 19.0 Å². The van der Waals surface area contributed by atoms with Crippen molar-refractivity contribution >= 4 is 33.7 Å². The SMILES string of the molecule is CCOc1ccc(-c2nc(CC(=O)Nc3nc(-c4ccc(OC)c(OC)c4)cs3)cs2)cc1. The van der Waals surface area contributed by atoms with Gasteiger partial charge in [-0.15, -0.1) is 22.7 Å². The summed E-state index contributed by atoms with van der Waals surface area (Å²) in [6, 6.07) is 13.4. The first kappa shape index (κ1) is 22.8. The predicted octanol–water partition coefficient (Wildman–Crippen LogP) is 5.53. The van der Waals surface area contributed by atoms with Crippen LogP contribution in [-0.4, -0.2) is 36.7 Å². The number of anilines is 1. The molecule has 0 aliphatic rings. The number of hydrogen-bond donors (Lipinski definition) is 1. The standard InChI is InChI=1S/C24H23N3O4S2/c1-4-31-18-8-5-15(6-9-18)23-25-17(13-32-23)12-22(28)27-24-26-19(14-33-24)16-7-10-20(29-2)21(11-16)30-3/h5-11,13-14H,4,12H2,1-3H3,(H,26,27,28). The second kappa shape index (κ2) is 10.5. The van der Waals surface area contributed by atoms with Crippen LogP contribution in [-0.2, 0) is 11.2 Å². The van der Waals surface area contributed by atoms with Gasteiger partial charge >= 0.3 is 0 Å². The average molecular weight is 482 g/mol. The highest BCUT2D eigenvalue weighted by Crippen LogP contribution is 2.33. The molecule has 2 aromatic heterocycles. The van der Waals surface area contributed by atoms with Crippen LogP contribution in [0, 0.1) is 0 Å². The molecule has 0 aliphatic carbocycles. The minimum absolute atomic E-state index is 0.160. The number of carbonyl (C=O) groups excluding carboxylic acids is 1. The van der Waals surface area contributed by atoms with Crippen LogP contribution in [0.4, 0.5) is 5.13 Å². The molecule has 0 aliphatic heterocycles. The highest BCUT2D eigenvalue weighted by molar-refractivity contribution is 7.14. The Balaban J connectivity index is 1.39. The Morgan fingerprint density at radius 3 is 2.42 bits per heavy atom. The monoisotopic (exact) mass is 481 g/mol. The van der Waals surface area contributed by atoms with Gasteiger partial charge < -0.3 is 19.5 Å². The summed E-state index contributed by atoms with van der Waals surface area (Å²) in [7, 11) is 3.19. The molecule has 0 fully saturated rings. The van der Waals surface area contributed by atoms with Gasteiger partial charge in [-0.2, -0.15) is 0 Å². The van der Waals surface area contributed by atoms with Gasteiger partial charge in [0.15, 0.2) is 16.6 Å². The summed E-state index contributed by atoms with van der Waals surface area (Å²) < 4.78 is 16.1. The molecule has 170 valence electrons. The maximum atomic E-state index is 12.5. The fourth-order valence-corrected chi connectivity index (χ4v) is 4.73. The Morgan fingerprint density at radius 2 is 1.70 bits per heavy atom. The first-order valence-corrected chi connectivity index (χ1v) is 12.0. The van der Waals surface area contributed by atoms with E-state index < -0.39 is 0 Å². The lowest BCUT2D eigenvalue weighted by atomic mass is 10.1. The zero-order chi connectivity index (χ0) is 23.2. The van der Waals surface area contributed by atoms with Crippen LogP contribution in [0.2, 0.25) is 0 Å². The molecule has 33 heavy (non-hydrogen) atoms. The molecule has 0 saturated carbocycles. The van der Waals surface area contributed by atoms with Gasteiger partial charge in [-0.1, -0.05) is 0 Å². The number of methoxy groups -OCH3 is 2. The van der Waals surface area contributed by atoms with E-state index in [1.165, 1.54) is 22.7 Å². The quantitative estimate of drug-likeness (QED) is 0.338. The van der Waals surface area contributed by atoms with E-state index in [-0.39, 0.29) is 12.3 Å². The number of carbonyl (C=O) groups is 1. The normalized spacial score (nSPS) is 10.6. The van der Waals surface area contributed by atoms with Crippen molar-refractivity contribution in [2.24, 2.45) is 0 Å². The van der Waals surface area contributed by atoms with E-state index in [4.69, 9.17) is 14.2 Å². The number of hydrogen-bond acceptors (Lipinski definition) is 8. The van der Waals surface area contributed by atoms with Crippen LogP contribution in [0.15, 0.2) is 53.2 Å². The van der Waals surface area contributed by atoms with Crippen LogP contribution in [0.3, 0.4) is 0 Å². The van der Waals surface area contributed by atoms with Gasteiger partial charge in [0.05, 0.1) is 38.6 Å². The third-order valence-electron chi connectivity index (χ3n) is 4.74. The van der Waals surface area contributed by atoms with E-state index in [1.54, 1.807) is 14.2 Å². The van der Waals surface area contributed by atoms with E-state index >= 15 is 0 Å². The smallest absolute Gasteiger partial charge is 0.232 e. The molecule has 2 aromatic carbocycles. The molecule has 2 heterocycles. The van der Waals surface area contributed by atoms with Crippen molar-refractivity contribution in [3.05, 3.63) is 58.9 Å². The van der Waals surface area contributed by atoms with Gasteiger partial charge in [0.2, 0.25) is 5.91 Å². The number of benzene rings is 2. The number of rotatable bonds is 9. The molecule has 1 amide bonds. The summed E-state index contributed by atoms with van der Waals surface area (Å²) in [5, 5.41) is 8.06. The molecule has 0 bridgehead atoms. The van der Waals surface area contributed by atoms with Crippen LogP contribution >= 0.6 is 22.7 Å². The highest BCUT2D eigenvalue weighted by atomic mass is 32.1. The van der Waals surface area contributed by atoms with E-state index in [0.717, 1.165) is 33.3 Å². The summed E-state index contributed by atoms with van der Waals surface area (Å²) in [6.07, 6.45) is 0.179. The molecule has 9 heteroatoms.